The summed E-state index contributed by atoms with van der Waals surface area (Å²) in [5.74, 6) is -0.0127. The fraction of sp³-hybridized carbons (Fsp3) is 0.417. The second-order valence-electron chi connectivity index (χ2n) is 9.34. The van der Waals surface area contributed by atoms with Crippen molar-refractivity contribution >= 4 is 5.78 Å². The van der Waals surface area contributed by atoms with Crippen LogP contribution in [0.5, 0.6) is 0 Å². The third-order valence-corrected chi connectivity index (χ3v) is 6.91. The summed E-state index contributed by atoms with van der Waals surface area (Å²) in [6, 6.07) is 8.13. The normalized spacial score (nSPS) is 28.8. The standard InChI is InChI=1S/C24H26FN5O/c1-5-24(16-8-6-7-14(9-16)15-11-27-30(4)13-15)17-12-26-29-22(17)28-20-19(24)18(31)10-23(2,3)21(20)25/h6-9,11-13,21-22,28H,5,10H2,1-4H3/t21-,22?,24+/m0/s1. The number of allylic oxidation sites excluding steroid dienone is 2. The lowest BCUT2D eigenvalue weighted by Gasteiger charge is -2.49. The Morgan fingerprint density at radius 3 is 2.81 bits per heavy atom. The van der Waals surface area contributed by atoms with E-state index in [1.807, 2.05) is 44.6 Å². The highest BCUT2D eigenvalue weighted by Crippen LogP contribution is 2.54. The van der Waals surface area contributed by atoms with Crippen molar-refractivity contribution in [2.45, 2.75) is 51.4 Å². The molecule has 0 fully saturated rings. The SMILES string of the molecule is CC[C@@]1(c2cccc(-c3cnn(C)c3)c2)C2=CN=NC2NC2=C1C(=O)CC(C)(C)[C@H]2F. The number of aryl methyl sites for hydroxylation is 1. The maximum Gasteiger partial charge on any atom is 0.164 e. The van der Waals surface area contributed by atoms with Crippen LogP contribution in [0, 0.1) is 5.41 Å². The topological polar surface area (TPSA) is 71.6 Å². The number of carbonyl (C=O) groups is 1. The predicted molar refractivity (Wildman–Crippen MR) is 116 cm³/mol. The van der Waals surface area contributed by atoms with E-state index in [4.69, 9.17) is 0 Å². The number of hydrogen-bond acceptors (Lipinski definition) is 5. The largest absolute Gasteiger partial charge is 0.359 e. The average Bonchev–Trinajstić information content (AvgIpc) is 3.39. The van der Waals surface area contributed by atoms with Gasteiger partial charge in [-0.3, -0.25) is 9.48 Å². The number of benzene rings is 1. The fourth-order valence-corrected chi connectivity index (χ4v) is 5.34. The summed E-state index contributed by atoms with van der Waals surface area (Å²) >= 11 is 0. The number of azo groups is 1. The van der Waals surface area contributed by atoms with Gasteiger partial charge in [-0.25, -0.2) is 4.39 Å². The van der Waals surface area contributed by atoms with Gasteiger partial charge < -0.3 is 5.32 Å². The smallest absolute Gasteiger partial charge is 0.164 e. The van der Waals surface area contributed by atoms with Gasteiger partial charge in [0.2, 0.25) is 0 Å². The lowest BCUT2D eigenvalue weighted by atomic mass is 9.58. The number of fused-ring (bicyclic) bond motifs is 1. The zero-order chi connectivity index (χ0) is 22.0. The molecule has 1 aliphatic carbocycles. The van der Waals surface area contributed by atoms with E-state index in [-0.39, 0.29) is 12.2 Å². The number of aromatic nitrogens is 2. The molecule has 2 aliphatic heterocycles. The quantitative estimate of drug-likeness (QED) is 0.790. The molecule has 0 spiro atoms. The van der Waals surface area contributed by atoms with Crippen molar-refractivity contribution in [2.24, 2.45) is 22.7 Å². The maximum absolute atomic E-state index is 15.7. The Morgan fingerprint density at radius 1 is 1.29 bits per heavy atom. The molecule has 0 saturated carbocycles. The van der Waals surface area contributed by atoms with Crippen molar-refractivity contribution in [1.82, 2.24) is 15.1 Å². The van der Waals surface area contributed by atoms with E-state index in [1.165, 1.54) is 0 Å². The molecule has 5 rings (SSSR count). The van der Waals surface area contributed by atoms with Crippen LogP contribution in [0.15, 0.2) is 69.9 Å². The van der Waals surface area contributed by atoms with E-state index in [2.05, 4.69) is 26.7 Å². The molecule has 1 N–H and O–H groups in total. The monoisotopic (exact) mass is 419 g/mol. The average molecular weight is 420 g/mol. The van der Waals surface area contributed by atoms with E-state index in [1.54, 1.807) is 24.7 Å². The number of ketones is 1. The van der Waals surface area contributed by atoms with E-state index < -0.39 is 23.2 Å². The highest BCUT2D eigenvalue weighted by Gasteiger charge is 2.56. The number of nitrogens with one attached hydrogen (secondary N) is 1. The minimum absolute atomic E-state index is 0.0127. The van der Waals surface area contributed by atoms with Crippen LogP contribution >= 0.6 is 0 Å². The Morgan fingerprint density at radius 2 is 2.10 bits per heavy atom. The minimum Gasteiger partial charge on any atom is -0.359 e. The molecular formula is C24H26FN5O. The van der Waals surface area contributed by atoms with E-state index in [0.717, 1.165) is 22.3 Å². The number of hydrogen-bond donors (Lipinski definition) is 1. The van der Waals surface area contributed by atoms with E-state index in [9.17, 15) is 4.79 Å². The Kier molecular flexibility index (Phi) is 4.29. The van der Waals surface area contributed by atoms with Gasteiger partial charge in [0, 0.05) is 41.8 Å². The molecule has 160 valence electrons. The second kappa shape index (κ2) is 6.70. The minimum atomic E-state index is -1.27. The second-order valence-corrected chi connectivity index (χ2v) is 9.34. The molecule has 0 amide bonds. The van der Waals surface area contributed by atoms with Crippen molar-refractivity contribution < 1.29 is 9.18 Å². The highest BCUT2D eigenvalue weighted by atomic mass is 19.1. The Hall–Kier alpha value is -3.09. The van der Waals surface area contributed by atoms with Gasteiger partial charge in [0.1, 0.15) is 6.17 Å². The van der Waals surface area contributed by atoms with Crippen LogP contribution in [-0.4, -0.2) is 27.9 Å². The molecule has 3 heterocycles. The summed E-state index contributed by atoms with van der Waals surface area (Å²) in [4.78, 5) is 13.5. The zero-order valence-electron chi connectivity index (χ0n) is 18.2. The summed E-state index contributed by atoms with van der Waals surface area (Å²) in [5.41, 5.74) is 3.21. The van der Waals surface area contributed by atoms with Crippen molar-refractivity contribution in [2.75, 3.05) is 0 Å². The molecule has 1 aromatic heterocycles. The molecule has 3 atom stereocenters. The van der Waals surface area contributed by atoms with Gasteiger partial charge in [-0.1, -0.05) is 39.0 Å². The van der Waals surface area contributed by atoms with Crippen molar-refractivity contribution in [3.8, 4) is 11.1 Å². The molecule has 1 aromatic carbocycles. The summed E-state index contributed by atoms with van der Waals surface area (Å²) in [5, 5.41) is 15.9. The summed E-state index contributed by atoms with van der Waals surface area (Å²) < 4.78 is 17.5. The van der Waals surface area contributed by atoms with Crippen molar-refractivity contribution in [3.05, 3.63) is 65.3 Å². The van der Waals surface area contributed by atoms with Crippen LogP contribution in [-0.2, 0) is 17.3 Å². The first kappa shape index (κ1) is 19.8. The zero-order valence-corrected chi connectivity index (χ0v) is 18.2. The number of halogens is 1. The van der Waals surface area contributed by atoms with Gasteiger partial charge in [0.15, 0.2) is 11.9 Å². The number of carbonyl (C=O) groups excluding carboxylic acids is 1. The van der Waals surface area contributed by atoms with Crippen LogP contribution in [0.25, 0.3) is 11.1 Å². The summed E-state index contributed by atoms with van der Waals surface area (Å²) in [6.07, 6.45) is 4.56. The first-order valence-corrected chi connectivity index (χ1v) is 10.7. The molecule has 2 aromatic rings. The number of alkyl halides is 1. The summed E-state index contributed by atoms with van der Waals surface area (Å²) in [6.45, 7) is 5.65. The van der Waals surface area contributed by atoms with E-state index in [0.29, 0.717) is 17.7 Å². The van der Waals surface area contributed by atoms with Crippen LogP contribution in [0.2, 0.25) is 0 Å². The van der Waals surface area contributed by atoms with Crippen LogP contribution in [0.3, 0.4) is 0 Å². The Balaban J connectivity index is 1.76. The van der Waals surface area contributed by atoms with Gasteiger partial charge in [-0.05, 0) is 23.6 Å². The number of rotatable bonds is 3. The first-order valence-electron chi connectivity index (χ1n) is 10.7. The molecule has 1 unspecified atom stereocenters. The molecule has 0 radical (unpaired) electrons. The molecule has 3 aliphatic rings. The fourth-order valence-electron chi connectivity index (χ4n) is 5.34. The number of nitrogens with zero attached hydrogens (tertiary/aromatic N) is 4. The lowest BCUT2D eigenvalue weighted by molar-refractivity contribution is -0.120. The van der Waals surface area contributed by atoms with Gasteiger partial charge in [-0.2, -0.15) is 15.3 Å². The van der Waals surface area contributed by atoms with Gasteiger partial charge in [-0.15, -0.1) is 0 Å². The maximum atomic E-state index is 15.7. The molecular weight excluding hydrogens is 393 g/mol. The predicted octanol–water partition coefficient (Wildman–Crippen LogP) is 4.61. The van der Waals surface area contributed by atoms with Crippen molar-refractivity contribution in [3.63, 3.8) is 0 Å². The molecule has 0 saturated heterocycles. The van der Waals surface area contributed by atoms with Crippen molar-refractivity contribution in [1.29, 1.82) is 0 Å². The third kappa shape index (κ3) is 2.75. The van der Waals surface area contributed by atoms with E-state index >= 15 is 4.39 Å². The molecule has 0 bridgehead atoms. The summed E-state index contributed by atoms with van der Waals surface area (Å²) in [7, 11) is 1.88. The molecule has 7 heteroatoms. The number of Topliss-reactive ketones (excluding diaryl/α,β-unsaturated/α-hetero) is 1. The molecule has 6 nitrogen and oxygen atoms in total. The van der Waals surface area contributed by atoms with Gasteiger partial charge in [0.25, 0.3) is 0 Å². The highest BCUT2D eigenvalue weighted by molar-refractivity contribution is 6.02. The van der Waals surface area contributed by atoms with Crippen LogP contribution < -0.4 is 5.32 Å². The van der Waals surface area contributed by atoms with Gasteiger partial charge in [0.05, 0.1) is 23.5 Å². The molecule has 31 heavy (non-hydrogen) atoms. The Labute approximate surface area is 180 Å². The lowest BCUT2D eigenvalue weighted by Crippen LogP contribution is -2.55. The Bertz CT molecular complexity index is 1170. The third-order valence-electron chi connectivity index (χ3n) is 6.91. The van der Waals surface area contributed by atoms with Gasteiger partial charge >= 0.3 is 0 Å². The van der Waals surface area contributed by atoms with Crippen LogP contribution in [0.1, 0.15) is 39.2 Å². The van der Waals surface area contributed by atoms with Crippen LogP contribution in [0.4, 0.5) is 4.39 Å². The first-order chi connectivity index (χ1) is 14.8.